The van der Waals surface area contributed by atoms with Gasteiger partial charge in [-0.25, -0.2) is 18.4 Å². The van der Waals surface area contributed by atoms with Crippen LogP contribution in [0.1, 0.15) is 11.4 Å². The highest BCUT2D eigenvalue weighted by atomic mass is 35.5. The molecule has 0 amide bonds. The van der Waals surface area contributed by atoms with Crippen LogP contribution < -0.4 is 0 Å². The van der Waals surface area contributed by atoms with Crippen LogP contribution >= 0.6 is 22.9 Å². The third kappa shape index (κ3) is 4.06. The average molecular weight is 488 g/mol. The molecule has 1 aliphatic rings. The molecule has 0 atom stereocenters. The number of aromatic nitrogens is 3. The number of thiophene rings is 1. The normalized spacial score (nSPS) is 16.1. The molecular weight excluding hydrogens is 466 g/mol. The van der Waals surface area contributed by atoms with E-state index < -0.39 is 10.0 Å². The summed E-state index contributed by atoms with van der Waals surface area (Å²) in [7, 11) is -3.50. The van der Waals surface area contributed by atoms with Crippen molar-refractivity contribution in [1.29, 1.82) is 0 Å². The van der Waals surface area contributed by atoms with Crippen molar-refractivity contribution in [3.63, 3.8) is 0 Å². The van der Waals surface area contributed by atoms with Gasteiger partial charge in [0.25, 0.3) is 10.0 Å². The van der Waals surface area contributed by atoms with Crippen LogP contribution in [0.2, 0.25) is 4.34 Å². The first-order valence-electron chi connectivity index (χ1n) is 10.3. The summed E-state index contributed by atoms with van der Waals surface area (Å²) in [6.07, 6.45) is 1.78. The smallest absolute Gasteiger partial charge is 0.252 e. The molecule has 0 radical (unpaired) electrons. The molecule has 1 aromatic carbocycles. The molecule has 3 aromatic heterocycles. The van der Waals surface area contributed by atoms with Gasteiger partial charge in [0, 0.05) is 38.1 Å². The molecule has 1 fully saturated rings. The zero-order valence-corrected chi connectivity index (χ0v) is 19.9. The number of sulfonamides is 1. The highest BCUT2D eigenvalue weighted by molar-refractivity contribution is 7.91. The van der Waals surface area contributed by atoms with E-state index in [0.717, 1.165) is 34.0 Å². The zero-order chi connectivity index (χ0) is 22.3. The molecule has 0 unspecified atom stereocenters. The number of nitrogens with zero attached hydrogens (tertiary/aromatic N) is 5. The molecule has 0 saturated carbocycles. The van der Waals surface area contributed by atoms with Crippen molar-refractivity contribution in [3.05, 3.63) is 70.5 Å². The Labute approximate surface area is 195 Å². The third-order valence-corrected chi connectivity index (χ3v) is 9.18. The standard InChI is InChI=1S/C22H22ClN5O2S2/c1-16-4-2-5-17(14-16)28-20(25-18-6-3-9-24-22(18)28)15-26-10-12-27(13-11-26)32(29,30)21-8-7-19(23)31-21/h2-9,14H,10-13,15H2,1H3. The Morgan fingerprint density at radius 1 is 1.06 bits per heavy atom. The van der Waals surface area contributed by atoms with Gasteiger partial charge in [0.15, 0.2) is 5.65 Å². The van der Waals surface area contributed by atoms with E-state index in [1.807, 2.05) is 18.2 Å². The van der Waals surface area contributed by atoms with E-state index in [0.29, 0.717) is 41.3 Å². The van der Waals surface area contributed by atoms with E-state index >= 15 is 0 Å². The minimum absolute atomic E-state index is 0.295. The van der Waals surface area contributed by atoms with E-state index in [1.54, 1.807) is 18.3 Å². The van der Waals surface area contributed by atoms with Crippen LogP contribution in [-0.4, -0.2) is 58.3 Å². The maximum absolute atomic E-state index is 12.9. The van der Waals surface area contributed by atoms with Gasteiger partial charge < -0.3 is 0 Å². The summed E-state index contributed by atoms with van der Waals surface area (Å²) < 4.78 is 30.2. The van der Waals surface area contributed by atoms with Crippen LogP contribution in [0.25, 0.3) is 16.9 Å². The number of imidazole rings is 1. The largest absolute Gasteiger partial charge is 0.293 e. The van der Waals surface area contributed by atoms with Crippen molar-refractivity contribution in [1.82, 2.24) is 23.7 Å². The molecule has 0 aliphatic carbocycles. The first-order valence-corrected chi connectivity index (χ1v) is 12.9. The van der Waals surface area contributed by atoms with Gasteiger partial charge in [-0.3, -0.25) is 9.47 Å². The summed E-state index contributed by atoms with van der Waals surface area (Å²) in [6, 6.07) is 15.3. The first-order chi connectivity index (χ1) is 15.4. The number of piperazine rings is 1. The van der Waals surface area contributed by atoms with Gasteiger partial charge in [0.2, 0.25) is 0 Å². The maximum Gasteiger partial charge on any atom is 0.252 e. The molecule has 0 bridgehead atoms. The number of hydrogen-bond acceptors (Lipinski definition) is 6. The van der Waals surface area contributed by atoms with Crippen molar-refractivity contribution in [3.8, 4) is 5.69 Å². The first kappa shape index (κ1) is 21.5. The maximum atomic E-state index is 12.9. The van der Waals surface area contributed by atoms with E-state index in [9.17, 15) is 8.42 Å². The lowest BCUT2D eigenvalue weighted by atomic mass is 10.2. The van der Waals surface area contributed by atoms with Gasteiger partial charge in [-0.15, -0.1) is 11.3 Å². The van der Waals surface area contributed by atoms with Crippen molar-refractivity contribution < 1.29 is 8.42 Å². The lowest BCUT2D eigenvalue weighted by Crippen LogP contribution is -2.48. The summed E-state index contributed by atoms with van der Waals surface area (Å²) in [6.45, 7) is 4.80. The topological polar surface area (TPSA) is 71.3 Å². The van der Waals surface area contributed by atoms with Gasteiger partial charge in [-0.1, -0.05) is 23.7 Å². The van der Waals surface area contributed by atoms with Crippen LogP contribution in [0.4, 0.5) is 0 Å². The molecule has 4 heterocycles. The fourth-order valence-electron chi connectivity index (χ4n) is 4.00. The van der Waals surface area contributed by atoms with Crippen molar-refractivity contribution in [2.24, 2.45) is 0 Å². The second kappa shape index (κ2) is 8.57. The number of halogens is 1. The van der Waals surface area contributed by atoms with Gasteiger partial charge >= 0.3 is 0 Å². The Kier molecular flexibility index (Phi) is 5.77. The van der Waals surface area contributed by atoms with E-state index in [1.165, 1.54) is 9.87 Å². The SMILES string of the molecule is Cc1cccc(-n2c(CN3CCN(S(=O)(=O)c4ccc(Cl)s4)CC3)nc3cccnc32)c1. The van der Waals surface area contributed by atoms with E-state index in [4.69, 9.17) is 16.6 Å². The van der Waals surface area contributed by atoms with Gasteiger partial charge in [-0.05, 0) is 48.9 Å². The molecule has 5 rings (SSSR count). The lowest BCUT2D eigenvalue weighted by Gasteiger charge is -2.33. The van der Waals surface area contributed by atoms with Crippen LogP contribution in [0, 0.1) is 6.92 Å². The predicted molar refractivity (Wildman–Crippen MR) is 127 cm³/mol. The third-order valence-electron chi connectivity index (χ3n) is 5.58. The van der Waals surface area contributed by atoms with Gasteiger partial charge in [0.1, 0.15) is 15.6 Å². The second-order valence-corrected chi connectivity index (χ2v) is 11.7. The highest BCUT2D eigenvalue weighted by Gasteiger charge is 2.30. The molecule has 32 heavy (non-hydrogen) atoms. The number of rotatable bonds is 5. The number of pyridine rings is 1. The minimum Gasteiger partial charge on any atom is -0.293 e. The summed E-state index contributed by atoms with van der Waals surface area (Å²) in [5.74, 6) is 0.894. The van der Waals surface area contributed by atoms with Gasteiger partial charge in [0.05, 0.1) is 10.9 Å². The minimum atomic E-state index is -3.50. The van der Waals surface area contributed by atoms with Gasteiger partial charge in [-0.2, -0.15) is 4.31 Å². The molecule has 1 aliphatic heterocycles. The number of benzene rings is 1. The van der Waals surface area contributed by atoms with Crippen molar-refractivity contribution in [2.45, 2.75) is 17.7 Å². The Balaban J connectivity index is 1.38. The molecule has 0 spiro atoms. The summed E-state index contributed by atoms with van der Waals surface area (Å²) in [5, 5.41) is 0. The molecule has 4 aromatic rings. The molecule has 10 heteroatoms. The summed E-state index contributed by atoms with van der Waals surface area (Å²) in [4.78, 5) is 11.6. The van der Waals surface area contributed by atoms with E-state index in [2.05, 4.69) is 39.6 Å². The Morgan fingerprint density at radius 2 is 1.88 bits per heavy atom. The monoisotopic (exact) mass is 487 g/mol. The van der Waals surface area contributed by atoms with Crippen LogP contribution in [-0.2, 0) is 16.6 Å². The Hall–Kier alpha value is -2.30. The van der Waals surface area contributed by atoms with Crippen LogP contribution in [0.3, 0.4) is 0 Å². The fourth-order valence-corrected chi connectivity index (χ4v) is 7.05. The molecule has 166 valence electrons. The summed E-state index contributed by atoms with van der Waals surface area (Å²) in [5.41, 5.74) is 3.86. The Bertz CT molecular complexity index is 1370. The number of fused-ring (bicyclic) bond motifs is 1. The van der Waals surface area contributed by atoms with Crippen LogP contribution in [0.15, 0.2) is 58.9 Å². The quantitative estimate of drug-likeness (QED) is 0.426. The highest BCUT2D eigenvalue weighted by Crippen LogP contribution is 2.29. The molecule has 0 N–H and O–H groups in total. The number of aryl methyl sites for hydroxylation is 1. The lowest BCUT2D eigenvalue weighted by molar-refractivity contribution is 0.178. The van der Waals surface area contributed by atoms with E-state index in [-0.39, 0.29) is 0 Å². The van der Waals surface area contributed by atoms with Crippen LogP contribution in [0.5, 0.6) is 0 Å². The fraction of sp³-hybridized carbons (Fsp3) is 0.273. The van der Waals surface area contributed by atoms with Crippen molar-refractivity contribution in [2.75, 3.05) is 26.2 Å². The summed E-state index contributed by atoms with van der Waals surface area (Å²) >= 11 is 7.04. The average Bonchev–Trinajstić information content (AvgIpc) is 3.38. The molecule has 1 saturated heterocycles. The van der Waals surface area contributed by atoms with Crippen molar-refractivity contribution >= 4 is 44.1 Å². The number of hydrogen-bond donors (Lipinski definition) is 0. The predicted octanol–water partition coefficient (Wildman–Crippen LogP) is 3.95. The zero-order valence-electron chi connectivity index (χ0n) is 17.5. The molecular formula is C22H22ClN5O2S2. The second-order valence-electron chi connectivity index (χ2n) is 7.79. The Morgan fingerprint density at radius 3 is 2.59 bits per heavy atom. The molecule has 7 nitrogen and oxygen atoms in total.